The zero-order valence-electron chi connectivity index (χ0n) is 10.1. The van der Waals surface area contributed by atoms with E-state index >= 15 is 0 Å². The molecule has 0 unspecified atom stereocenters. The third-order valence-corrected chi connectivity index (χ3v) is 2.68. The van der Waals surface area contributed by atoms with Crippen molar-refractivity contribution in [3.8, 4) is 5.75 Å². The highest BCUT2D eigenvalue weighted by molar-refractivity contribution is 5.47. The molecule has 0 heterocycles. The van der Waals surface area contributed by atoms with Crippen molar-refractivity contribution in [3.63, 3.8) is 0 Å². The maximum atomic E-state index is 5.62. The Kier molecular flexibility index (Phi) is 4.15. The van der Waals surface area contributed by atoms with Crippen LogP contribution in [0.2, 0.25) is 0 Å². The lowest BCUT2D eigenvalue weighted by molar-refractivity contribution is 0.403. The van der Waals surface area contributed by atoms with Gasteiger partial charge >= 0.3 is 0 Å². The molecule has 1 aromatic carbocycles. The van der Waals surface area contributed by atoms with Crippen molar-refractivity contribution in [2.75, 3.05) is 13.7 Å². The number of nitrogens with two attached hydrogens (primary N) is 1. The predicted octanol–water partition coefficient (Wildman–Crippen LogP) is 2.63. The first kappa shape index (κ1) is 12.1. The van der Waals surface area contributed by atoms with Gasteiger partial charge < -0.3 is 10.5 Å². The average Bonchev–Trinajstić information content (AvgIpc) is 2.20. The Labute approximate surface area is 92.4 Å². The number of rotatable bonds is 4. The van der Waals surface area contributed by atoms with E-state index in [-0.39, 0.29) is 0 Å². The molecule has 0 aliphatic rings. The highest BCUT2D eigenvalue weighted by Gasteiger charge is 2.14. The van der Waals surface area contributed by atoms with Crippen LogP contribution >= 0.6 is 0 Å². The van der Waals surface area contributed by atoms with E-state index in [0.29, 0.717) is 12.5 Å². The van der Waals surface area contributed by atoms with Crippen molar-refractivity contribution in [1.82, 2.24) is 0 Å². The summed E-state index contributed by atoms with van der Waals surface area (Å²) in [5.41, 5.74) is 9.44. The van der Waals surface area contributed by atoms with E-state index in [1.165, 1.54) is 16.7 Å². The first-order valence-corrected chi connectivity index (χ1v) is 5.48. The zero-order chi connectivity index (χ0) is 11.4. The van der Waals surface area contributed by atoms with Crippen molar-refractivity contribution in [3.05, 3.63) is 28.8 Å². The second-order valence-electron chi connectivity index (χ2n) is 4.18. The summed E-state index contributed by atoms with van der Waals surface area (Å²) in [6, 6.07) is 4.27. The molecule has 84 valence electrons. The minimum Gasteiger partial charge on any atom is -0.496 e. The number of hydrogen-bond donors (Lipinski definition) is 1. The Morgan fingerprint density at radius 3 is 2.47 bits per heavy atom. The maximum absolute atomic E-state index is 5.62. The van der Waals surface area contributed by atoms with Gasteiger partial charge in [0.15, 0.2) is 0 Å². The number of ether oxygens (including phenoxy) is 1. The van der Waals surface area contributed by atoms with Gasteiger partial charge in [0.25, 0.3) is 0 Å². The lowest BCUT2D eigenvalue weighted by Crippen LogP contribution is -2.08. The summed E-state index contributed by atoms with van der Waals surface area (Å²) >= 11 is 0. The number of aryl methyl sites for hydroxylation is 1. The van der Waals surface area contributed by atoms with Gasteiger partial charge in [-0.05, 0) is 36.9 Å². The van der Waals surface area contributed by atoms with Gasteiger partial charge in [-0.2, -0.15) is 0 Å². The molecule has 0 aliphatic heterocycles. The number of benzene rings is 1. The lowest BCUT2D eigenvalue weighted by Gasteiger charge is -2.18. The summed E-state index contributed by atoms with van der Waals surface area (Å²) in [6.45, 7) is 7.15. The van der Waals surface area contributed by atoms with Crippen molar-refractivity contribution >= 4 is 0 Å². The van der Waals surface area contributed by atoms with Crippen LogP contribution in [0.1, 0.15) is 36.5 Å². The number of methoxy groups -OCH3 is 1. The van der Waals surface area contributed by atoms with Gasteiger partial charge in [-0.25, -0.2) is 0 Å². The first-order valence-electron chi connectivity index (χ1n) is 5.48. The summed E-state index contributed by atoms with van der Waals surface area (Å²) in [4.78, 5) is 0. The molecule has 0 fully saturated rings. The van der Waals surface area contributed by atoms with Gasteiger partial charge in [-0.3, -0.25) is 0 Å². The molecule has 1 rings (SSSR count). The molecular formula is C13H21NO. The van der Waals surface area contributed by atoms with Crippen LogP contribution in [0, 0.1) is 6.92 Å². The van der Waals surface area contributed by atoms with Crippen molar-refractivity contribution in [2.45, 2.75) is 33.1 Å². The molecule has 0 radical (unpaired) electrons. The summed E-state index contributed by atoms with van der Waals surface area (Å²) in [6.07, 6.45) is 0.921. The summed E-state index contributed by atoms with van der Waals surface area (Å²) in [5.74, 6) is 1.50. The molecule has 0 aromatic heterocycles. The molecule has 0 saturated carbocycles. The Balaban J connectivity index is 3.28. The lowest BCUT2D eigenvalue weighted by atomic mass is 9.92. The fourth-order valence-electron chi connectivity index (χ4n) is 2.03. The van der Waals surface area contributed by atoms with Gasteiger partial charge in [0.1, 0.15) is 5.75 Å². The van der Waals surface area contributed by atoms with Crippen molar-refractivity contribution < 1.29 is 4.74 Å². The van der Waals surface area contributed by atoms with Crippen LogP contribution in [0.5, 0.6) is 5.75 Å². The Morgan fingerprint density at radius 2 is 2.00 bits per heavy atom. The minimum absolute atomic E-state index is 0.474. The monoisotopic (exact) mass is 207 g/mol. The van der Waals surface area contributed by atoms with Crippen LogP contribution in [-0.2, 0) is 6.42 Å². The highest BCUT2D eigenvalue weighted by Crippen LogP contribution is 2.33. The van der Waals surface area contributed by atoms with E-state index < -0.39 is 0 Å². The summed E-state index contributed by atoms with van der Waals surface area (Å²) in [7, 11) is 1.74. The van der Waals surface area contributed by atoms with Crippen LogP contribution in [0.3, 0.4) is 0 Å². The molecule has 2 heteroatoms. The van der Waals surface area contributed by atoms with Crippen LogP contribution in [0.4, 0.5) is 0 Å². The van der Waals surface area contributed by atoms with Gasteiger partial charge in [0, 0.05) is 5.56 Å². The van der Waals surface area contributed by atoms with E-state index in [1.54, 1.807) is 7.11 Å². The van der Waals surface area contributed by atoms with E-state index in [4.69, 9.17) is 10.5 Å². The maximum Gasteiger partial charge on any atom is 0.125 e. The van der Waals surface area contributed by atoms with Crippen molar-refractivity contribution in [1.29, 1.82) is 0 Å². The van der Waals surface area contributed by atoms with Crippen LogP contribution in [0.15, 0.2) is 12.1 Å². The molecule has 15 heavy (non-hydrogen) atoms. The SMILES string of the molecule is COc1c(C)ccc(CCN)c1C(C)C. The molecule has 0 spiro atoms. The van der Waals surface area contributed by atoms with Gasteiger partial charge in [0.2, 0.25) is 0 Å². The molecule has 0 bridgehead atoms. The minimum atomic E-state index is 0.474. The fourth-order valence-corrected chi connectivity index (χ4v) is 2.03. The van der Waals surface area contributed by atoms with Gasteiger partial charge in [0.05, 0.1) is 7.11 Å². The average molecular weight is 207 g/mol. The van der Waals surface area contributed by atoms with Gasteiger partial charge in [-0.1, -0.05) is 26.0 Å². The largest absolute Gasteiger partial charge is 0.496 e. The molecule has 0 saturated heterocycles. The standard InChI is InChI=1S/C13H21NO/c1-9(2)12-11(7-8-14)6-5-10(3)13(12)15-4/h5-6,9H,7-8,14H2,1-4H3. The Morgan fingerprint density at radius 1 is 1.33 bits per heavy atom. The molecule has 0 atom stereocenters. The normalized spacial score (nSPS) is 10.8. The van der Waals surface area contributed by atoms with E-state index in [9.17, 15) is 0 Å². The number of hydrogen-bond acceptors (Lipinski definition) is 2. The van der Waals surface area contributed by atoms with Crippen LogP contribution in [-0.4, -0.2) is 13.7 Å². The zero-order valence-corrected chi connectivity index (χ0v) is 10.1. The summed E-state index contributed by atoms with van der Waals surface area (Å²) in [5, 5.41) is 0. The third-order valence-electron chi connectivity index (χ3n) is 2.68. The van der Waals surface area contributed by atoms with E-state index in [0.717, 1.165) is 12.2 Å². The molecular weight excluding hydrogens is 186 g/mol. The van der Waals surface area contributed by atoms with E-state index in [2.05, 4.69) is 32.9 Å². The Bertz CT molecular complexity index is 332. The summed E-state index contributed by atoms with van der Waals surface area (Å²) < 4.78 is 5.48. The molecule has 1 aromatic rings. The first-order chi connectivity index (χ1) is 7.11. The second-order valence-corrected chi connectivity index (χ2v) is 4.18. The topological polar surface area (TPSA) is 35.2 Å². The molecule has 0 aliphatic carbocycles. The quantitative estimate of drug-likeness (QED) is 0.823. The highest BCUT2D eigenvalue weighted by atomic mass is 16.5. The van der Waals surface area contributed by atoms with Crippen LogP contribution < -0.4 is 10.5 Å². The van der Waals surface area contributed by atoms with E-state index in [1.807, 2.05) is 0 Å². The fraction of sp³-hybridized carbons (Fsp3) is 0.538. The molecule has 0 amide bonds. The predicted molar refractivity (Wildman–Crippen MR) is 64.6 cm³/mol. The third kappa shape index (κ3) is 2.51. The Hall–Kier alpha value is -1.02. The molecule has 2 nitrogen and oxygen atoms in total. The van der Waals surface area contributed by atoms with Crippen molar-refractivity contribution in [2.24, 2.45) is 5.73 Å². The molecule has 2 N–H and O–H groups in total. The smallest absolute Gasteiger partial charge is 0.125 e. The second kappa shape index (κ2) is 5.17. The van der Waals surface area contributed by atoms with Crippen LogP contribution in [0.25, 0.3) is 0 Å². The van der Waals surface area contributed by atoms with Gasteiger partial charge in [-0.15, -0.1) is 0 Å².